The molecule has 5 nitrogen and oxygen atoms in total. The number of rotatable bonds is 5. The second-order valence-electron chi connectivity index (χ2n) is 4.21. The number of carbonyl (C=O) groups excluding carboxylic acids is 1. The molecule has 0 aliphatic heterocycles. The van der Waals surface area contributed by atoms with Gasteiger partial charge in [-0.2, -0.15) is 0 Å². The summed E-state index contributed by atoms with van der Waals surface area (Å²) in [4.78, 5) is 11.6. The van der Waals surface area contributed by atoms with Gasteiger partial charge in [0.25, 0.3) is 0 Å². The average molecular weight is 288 g/mol. The lowest BCUT2D eigenvalue weighted by atomic mass is 10.3. The topological polar surface area (TPSA) is 75.3 Å². The molecule has 0 heterocycles. The fraction of sp³-hybridized carbons (Fsp3) is 0.417. The Hall–Kier alpha value is -1.63. The van der Waals surface area contributed by atoms with Crippen molar-refractivity contribution in [2.24, 2.45) is 0 Å². The molecular formula is C12H17FN2O3S. The normalized spacial score (nSPS) is 12.8. The van der Waals surface area contributed by atoms with Gasteiger partial charge in [0.2, 0.25) is 0 Å². The summed E-state index contributed by atoms with van der Waals surface area (Å²) in [5.41, 5.74) is 0.435. The molecule has 0 aromatic heterocycles. The molecule has 0 spiro atoms. The molecule has 0 unspecified atom stereocenters. The first-order valence-corrected chi connectivity index (χ1v) is 7.68. The fourth-order valence-electron chi connectivity index (χ4n) is 1.46. The van der Waals surface area contributed by atoms with Gasteiger partial charge in [-0.25, -0.2) is 17.6 Å². The van der Waals surface area contributed by atoms with Crippen LogP contribution in [0.1, 0.15) is 13.8 Å². The number of sulfone groups is 1. The number of nitrogens with one attached hydrogen (secondary N) is 2. The molecule has 1 atom stereocenters. The van der Waals surface area contributed by atoms with Crippen LogP contribution in [0.2, 0.25) is 0 Å². The van der Waals surface area contributed by atoms with Gasteiger partial charge in [-0.1, -0.05) is 6.92 Å². The Morgan fingerprint density at radius 1 is 1.32 bits per heavy atom. The molecule has 1 aromatic rings. The summed E-state index contributed by atoms with van der Waals surface area (Å²) >= 11 is 0. The van der Waals surface area contributed by atoms with E-state index >= 15 is 0 Å². The van der Waals surface area contributed by atoms with Crippen molar-refractivity contribution in [2.45, 2.75) is 19.9 Å². The molecule has 19 heavy (non-hydrogen) atoms. The van der Waals surface area contributed by atoms with Crippen LogP contribution in [-0.4, -0.2) is 32.0 Å². The molecule has 1 rings (SSSR count). The van der Waals surface area contributed by atoms with E-state index in [2.05, 4.69) is 10.6 Å². The number of hydrogen-bond donors (Lipinski definition) is 2. The highest BCUT2D eigenvalue weighted by atomic mass is 32.2. The maximum Gasteiger partial charge on any atom is 0.319 e. The molecule has 7 heteroatoms. The summed E-state index contributed by atoms with van der Waals surface area (Å²) in [7, 11) is -3.13. The van der Waals surface area contributed by atoms with Crippen LogP contribution in [0.15, 0.2) is 24.3 Å². The molecule has 0 bridgehead atoms. The lowest BCUT2D eigenvalue weighted by Crippen LogP contribution is -2.40. The lowest BCUT2D eigenvalue weighted by molar-refractivity contribution is 0.250. The van der Waals surface area contributed by atoms with Crippen molar-refractivity contribution in [3.05, 3.63) is 30.1 Å². The van der Waals surface area contributed by atoms with Gasteiger partial charge in [-0.15, -0.1) is 0 Å². The summed E-state index contributed by atoms with van der Waals surface area (Å²) in [5.74, 6) is -0.466. The largest absolute Gasteiger partial charge is 0.334 e. The molecule has 0 fully saturated rings. The van der Waals surface area contributed by atoms with Gasteiger partial charge in [0.05, 0.1) is 5.75 Å². The van der Waals surface area contributed by atoms with Crippen molar-refractivity contribution in [3.8, 4) is 0 Å². The molecule has 0 aliphatic rings. The molecule has 0 radical (unpaired) electrons. The number of carbonyl (C=O) groups is 1. The Bertz CT molecular complexity index is 528. The Morgan fingerprint density at radius 2 is 1.89 bits per heavy atom. The summed E-state index contributed by atoms with van der Waals surface area (Å²) < 4.78 is 35.4. The van der Waals surface area contributed by atoms with Gasteiger partial charge in [0, 0.05) is 17.5 Å². The molecule has 2 amide bonds. The van der Waals surface area contributed by atoms with Crippen molar-refractivity contribution < 1.29 is 17.6 Å². The zero-order valence-electron chi connectivity index (χ0n) is 10.8. The monoisotopic (exact) mass is 288 g/mol. The van der Waals surface area contributed by atoms with Crippen LogP contribution >= 0.6 is 0 Å². The van der Waals surface area contributed by atoms with Gasteiger partial charge in [-0.05, 0) is 31.2 Å². The second kappa shape index (κ2) is 6.51. The van der Waals surface area contributed by atoms with Crippen molar-refractivity contribution in [1.82, 2.24) is 5.32 Å². The first-order valence-electron chi connectivity index (χ1n) is 5.86. The number of halogens is 1. The van der Waals surface area contributed by atoms with Crippen molar-refractivity contribution >= 4 is 21.6 Å². The molecular weight excluding hydrogens is 271 g/mol. The first-order chi connectivity index (χ1) is 8.82. The standard InChI is InChI=1S/C12H17FN2O3S/c1-3-19(17,18)8-9(2)14-12(16)15-11-6-4-10(13)5-7-11/h4-7,9H,3,8H2,1-2H3,(H2,14,15,16)/t9-/m1/s1. The van der Waals surface area contributed by atoms with Gasteiger partial charge in [0.1, 0.15) is 5.82 Å². The van der Waals surface area contributed by atoms with E-state index in [9.17, 15) is 17.6 Å². The number of hydrogen-bond acceptors (Lipinski definition) is 3. The first kappa shape index (κ1) is 15.4. The number of urea groups is 1. The van der Waals surface area contributed by atoms with Crippen LogP contribution in [-0.2, 0) is 9.84 Å². The highest BCUT2D eigenvalue weighted by molar-refractivity contribution is 7.91. The van der Waals surface area contributed by atoms with Gasteiger partial charge in [0.15, 0.2) is 9.84 Å². The van der Waals surface area contributed by atoms with Crippen LogP contribution < -0.4 is 10.6 Å². The Kier molecular flexibility index (Phi) is 5.29. The lowest BCUT2D eigenvalue weighted by Gasteiger charge is -2.14. The molecule has 0 saturated carbocycles. The van der Waals surface area contributed by atoms with E-state index in [1.54, 1.807) is 13.8 Å². The van der Waals surface area contributed by atoms with E-state index in [4.69, 9.17) is 0 Å². The third-order valence-electron chi connectivity index (χ3n) is 2.42. The molecule has 0 aliphatic carbocycles. The number of benzene rings is 1. The van der Waals surface area contributed by atoms with Crippen LogP contribution in [0.4, 0.5) is 14.9 Å². The van der Waals surface area contributed by atoms with E-state index in [1.165, 1.54) is 24.3 Å². The summed E-state index contributed by atoms with van der Waals surface area (Å²) in [5, 5.41) is 5.00. The number of anilines is 1. The summed E-state index contributed by atoms with van der Waals surface area (Å²) in [6, 6.07) is 4.27. The third kappa shape index (κ3) is 5.69. The second-order valence-corrected chi connectivity index (χ2v) is 6.60. The van der Waals surface area contributed by atoms with Gasteiger partial charge >= 0.3 is 6.03 Å². The Morgan fingerprint density at radius 3 is 2.42 bits per heavy atom. The smallest absolute Gasteiger partial charge is 0.319 e. The van der Waals surface area contributed by atoms with Crippen LogP contribution in [0.3, 0.4) is 0 Å². The predicted molar refractivity (Wildman–Crippen MR) is 72.3 cm³/mol. The maximum absolute atomic E-state index is 12.7. The zero-order valence-corrected chi connectivity index (χ0v) is 11.6. The zero-order chi connectivity index (χ0) is 14.5. The van der Waals surface area contributed by atoms with Crippen molar-refractivity contribution in [1.29, 1.82) is 0 Å². The molecule has 2 N–H and O–H groups in total. The van der Waals surface area contributed by atoms with E-state index in [0.29, 0.717) is 5.69 Å². The van der Waals surface area contributed by atoms with Crippen LogP contribution in [0, 0.1) is 5.82 Å². The van der Waals surface area contributed by atoms with E-state index in [0.717, 1.165) is 0 Å². The SMILES string of the molecule is CCS(=O)(=O)C[C@@H](C)NC(=O)Nc1ccc(F)cc1. The van der Waals surface area contributed by atoms with Gasteiger partial charge < -0.3 is 10.6 Å². The molecule has 0 saturated heterocycles. The summed E-state index contributed by atoms with van der Waals surface area (Å²) in [6.45, 7) is 3.16. The number of amides is 2. The van der Waals surface area contributed by atoms with E-state index in [-0.39, 0.29) is 11.5 Å². The van der Waals surface area contributed by atoms with E-state index < -0.39 is 27.7 Å². The van der Waals surface area contributed by atoms with Crippen LogP contribution in [0.5, 0.6) is 0 Å². The molecule has 106 valence electrons. The maximum atomic E-state index is 12.7. The van der Waals surface area contributed by atoms with Gasteiger partial charge in [-0.3, -0.25) is 0 Å². The predicted octanol–water partition coefficient (Wildman–Crippen LogP) is 1.77. The van der Waals surface area contributed by atoms with Crippen LogP contribution in [0.25, 0.3) is 0 Å². The van der Waals surface area contributed by atoms with E-state index in [1.807, 2.05) is 0 Å². The average Bonchev–Trinajstić information content (AvgIpc) is 2.31. The van der Waals surface area contributed by atoms with Crippen molar-refractivity contribution in [2.75, 3.05) is 16.8 Å². The highest BCUT2D eigenvalue weighted by Crippen LogP contribution is 2.07. The molecule has 1 aromatic carbocycles. The van der Waals surface area contributed by atoms with Crippen molar-refractivity contribution in [3.63, 3.8) is 0 Å². The Labute approximate surface area is 112 Å². The Balaban J connectivity index is 2.49. The quantitative estimate of drug-likeness (QED) is 0.867. The minimum atomic E-state index is -3.13. The minimum absolute atomic E-state index is 0.0403. The fourth-order valence-corrected chi connectivity index (χ4v) is 2.55. The highest BCUT2D eigenvalue weighted by Gasteiger charge is 2.15. The third-order valence-corrected chi connectivity index (χ3v) is 4.31. The minimum Gasteiger partial charge on any atom is -0.334 e. The summed E-state index contributed by atoms with van der Waals surface area (Å²) in [6.07, 6.45) is 0.